The first-order valence-corrected chi connectivity index (χ1v) is 4.22. The van der Waals surface area contributed by atoms with Crippen molar-refractivity contribution in [2.75, 3.05) is 0 Å². The van der Waals surface area contributed by atoms with Crippen molar-refractivity contribution in [3.63, 3.8) is 0 Å². The lowest BCUT2D eigenvalue weighted by Crippen LogP contribution is -2.25. The molecule has 12 heavy (non-hydrogen) atoms. The Bertz CT molecular complexity index is 299. The van der Waals surface area contributed by atoms with E-state index < -0.39 is 0 Å². The van der Waals surface area contributed by atoms with Gasteiger partial charge < -0.3 is 4.74 Å². The van der Waals surface area contributed by atoms with Gasteiger partial charge in [-0.25, -0.2) is 4.79 Å². The molecule has 0 aromatic rings. The van der Waals surface area contributed by atoms with Gasteiger partial charge >= 0.3 is 5.97 Å². The molecule has 0 amide bonds. The van der Waals surface area contributed by atoms with Crippen molar-refractivity contribution in [3.8, 4) is 0 Å². The van der Waals surface area contributed by atoms with E-state index in [4.69, 9.17) is 4.74 Å². The molecule has 0 radical (unpaired) electrons. The molecule has 1 unspecified atom stereocenters. The fourth-order valence-electron chi connectivity index (χ4n) is 1.91. The average Bonchev–Trinajstić information content (AvgIpc) is 2.43. The van der Waals surface area contributed by atoms with Crippen LogP contribution in [-0.2, 0) is 9.53 Å². The van der Waals surface area contributed by atoms with Gasteiger partial charge in [0, 0.05) is 6.08 Å². The van der Waals surface area contributed by atoms with E-state index in [2.05, 4.69) is 13.0 Å². The van der Waals surface area contributed by atoms with Gasteiger partial charge in [0.05, 0.1) is 0 Å². The van der Waals surface area contributed by atoms with Crippen molar-refractivity contribution < 1.29 is 9.53 Å². The van der Waals surface area contributed by atoms with E-state index in [1.54, 1.807) is 6.08 Å². The predicted molar refractivity (Wildman–Crippen MR) is 45.6 cm³/mol. The molecule has 0 saturated heterocycles. The second-order valence-electron chi connectivity index (χ2n) is 3.63. The highest BCUT2D eigenvalue weighted by Crippen LogP contribution is 2.40. The fraction of sp³-hybridized carbons (Fsp3) is 0.500. The van der Waals surface area contributed by atoms with Crippen molar-refractivity contribution >= 4 is 5.97 Å². The highest BCUT2D eigenvalue weighted by molar-refractivity contribution is 5.87. The molecule has 2 rings (SSSR count). The summed E-state index contributed by atoms with van der Waals surface area (Å²) in [5.41, 5.74) is 2.00. The molecule has 1 atom stereocenters. The van der Waals surface area contributed by atoms with Crippen LogP contribution in [0, 0.1) is 0 Å². The Balaban J connectivity index is 2.36. The number of carbonyl (C=O) groups is 1. The zero-order valence-corrected chi connectivity index (χ0v) is 7.39. The van der Waals surface area contributed by atoms with Crippen LogP contribution in [0.25, 0.3) is 0 Å². The van der Waals surface area contributed by atoms with E-state index >= 15 is 0 Å². The molecule has 0 N–H and O–H groups in total. The van der Waals surface area contributed by atoms with Crippen molar-refractivity contribution in [1.82, 2.24) is 0 Å². The van der Waals surface area contributed by atoms with Gasteiger partial charge in [-0.3, -0.25) is 0 Å². The molecule has 1 aliphatic carbocycles. The Kier molecular flexibility index (Phi) is 1.40. The summed E-state index contributed by atoms with van der Waals surface area (Å²) >= 11 is 0. The van der Waals surface area contributed by atoms with E-state index in [1.165, 1.54) is 5.57 Å². The van der Waals surface area contributed by atoms with Crippen molar-refractivity contribution in [2.45, 2.75) is 32.3 Å². The highest BCUT2D eigenvalue weighted by atomic mass is 16.6. The zero-order chi connectivity index (χ0) is 8.77. The summed E-state index contributed by atoms with van der Waals surface area (Å²) in [5, 5.41) is 0. The highest BCUT2D eigenvalue weighted by Gasteiger charge is 2.41. The average molecular weight is 164 g/mol. The molecule has 0 aromatic heterocycles. The topological polar surface area (TPSA) is 26.3 Å². The Morgan fingerprint density at radius 2 is 2.25 bits per heavy atom. The molecule has 64 valence electrons. The van der Waals surface area contributed by atoms with Crippen LogP contribution in [-0.4, -0.2) is 11.6 Å². The third-order valence-corrected chi connectivity index (χ3v) is 2.65. The van der Waals surface area contributed by atoms with Crippen LogP contribution in [0.5, 0.6) is 0 Å². The maximum atomic E-state index is 11.0. The number of hydrogen-bond donors (Lipinski definition) is 0. The van der Waals surface area contributed by atoms with Crippen LogP contribution in [0.2, 0.25) is 0 Å². The second-order valence-corrected chi connectivity index (χ2v) is 3.63. The van der Waals surface area contributed by atoms with Gasteiger partial charge in [0.25, 0.3) is 0 Å². The van der Waals surface area contributed by atoms with Gasteiger partial charge in [0.15, 0.2) is 5.60 Å². The molecule has 1 aliphatic heterocycles. The van der Waals surface area contributed by atoms with Crippen LogP contribution < -0.4 is 0 Å². The van der Waals surface area contributed by atoms with Gasteiger partial charge in [0.1, 0.15) is 0 Å². The lowest BCUT2D eigenvalue weighted by Gasteiger charge is -2.21. The molecule has 0 aromatic carbocycles. The molecule has 0 saturated carbocycles. The molecule has 2 aliphatic rings. The largest absolute Gasteiger partial charge is 0.447 e. The monoisotopic (exact) mass is 164 g/mol. The number of carbonyl (C=O) groups excluding carboxylic acids is 1. The van der Waals surface area contributed by atoms with Gasteiger partial charge in [-0.2, -0.15) is 0 Å². The summed E-state index contributed by atoms with van der Waals surface area (Å²) in [5.74, 6) is -0.196. The molecular weight excluding hydrogens is 152 g/mol. The smallest absolute Gasteiger partial charge is 0.332 e. The van der Waals surface area contributed by atoms with Gasteiger partial charge in [-0.05, 0) is 38.3 Å². The van der Waals surface area contributed by atoms with E-state index in [-0.39, 0.29) is 11.6 Å². The SMILES string of the molecule is CC1=CC2(CC1)OC(=O)C=C2C. The van der Waals surface area contributed by atoms with E-state index in [9.17, 15) is 4.79 Å². The predicted octanol–water partition coefficient (Wildman–Crippen LogP) is 1.97. The summed E-state index contributed by atoms with van der Waals surface area (Å²) in [6, 6.07) is 0. The number of rotatable bonds is 0. The van der Waals surface area contributed by atoms with E-state index in [1.807, 2.05) is 6.92 Å². The molecule has 0 bridgehead atoms. The minimum absolute atomic E-state index is 0.196. The number of ether oxygens (including phenoxy) is 1. The van der Waals surface area contributed by atoms with Crippen LogP contribution >= 0.6 is 0 Å². The van der Waals surface area contributed by atoms with Crippen molar-refractivity contribution in [3.05, 3.63) is 23.3 Å². The Morgan fingerprint density at radius 3 is 2.67 bits per heavy atom. The first kappa shape index (κ1) is 7.59. The Labute approximate surface area is 71.9 Å². The molecule has 0 fully saturated rings. The molecule has 2 heteroatoms. The first-order chi connectivity index (χ1) is 5.62. The second kappa shape index (κ2) is 2.22. The summed E-state index contributed by atoms with van der Waals surface area (Å²) in [6.07, 6.45) is 5.63. The molecule has 1 heterocycles. The number of allylic oxidation sites excluding steroid dienone is 1. The number of hydrogen-bond acceptors (Lipinski definition) is 2. The molecule has 2 nitrogen and oxygen atoms in total. The van der Waals surface area contributed by atoms with E-state index in [0.717, 1.165) is 18.4 Å². The summed E-state index contributed by atoms with van der Waals surface area (Å²) < 4.78 is 5.28. The standard InChI is InChI=1S/C10H12O2/c1-7-3-4-10(6-7)8(2)5-9(11)12-10/h5-6H,3-4H2,1-2H3. The van der Waals surface area contributed by atoms with Gasteiger partial charge in [-0.15, -0.1) is 0 Å². The van der Waals surface area contributed by atoms with Crippen LogP contribution in [0.4, 0.5) is 0 Å². The fourth-order valence-corrected chi connectivity index (χ4v) is 1.91. The van der Waals surface area contributed by atoms with Gasteiger partial charge in [0.2, 0.25) is 0 Å². The maximum absolute atomic E-state index is 11.0. The zero-order valence-electron chi connectivity index (χ0n) is 7.39. The van der Waals surface area contributed by atoms with Crippen LogP contribution in [0.3, 0.4) is 0 Å². The van der Waals surface area contributed by atoms with Crippen molar-refractivity contribution in [2.24, 2.45) is 0 Å². The maximum Gasteiger partial charge on any atom is 0.332 e. The lowest BCUT2D eigenvalue weighted by atomic mass is 9.96. The number of esters is 1. The van der Waals surface area contributed by atoms with E-state index in [0.29, 0.717) is 0 Å². The summed E-state index contributed by atoms with van der Waals surface area (Å²) in [6.45, 7) is 4.04. The summed E-state index contributed by atoms with van der Waals surface area (Å²) in [4.78, 5) is 11.0. The normalized spacial score (nSPS) is 33.7. The minimum atomic E-state index is -0.360. The Hall–Kier alpha value is -1.05. The Morgan fingerprint density at radius 1 is 1.50 bits per heavy atom. The minimum Gasteiger partial charge on any atom is -0.447 e. The molecule has 1 spiro atoms. The first-order valence-electron chi connectivity index (χ1n) is 4.22. The quantitative estimate of drug-likeness (QED) is 0.404. The lowest BCUT2D eigenvalue weighted by molar-refractivity contribution is -0.142. The third-order valence-electron chi connectivity index (χ3n) is 2.65. The van der Waals surface area contributed by atoms with Crippen LogP contribution in [0.1, 0.15) is 26.7 Å². The summed E-state index contributed by atoms with van der Waals surface area (Å²) in [7, 11) is 0. The molecular formula is C10H12O2. The third kappa shape index (κ3) is 0.909. The van der Waals surface area contributed by atoms with Gasteiger partial charge in [-0.1, -0.05) is 5.57 Å². The van der Waals surface area contributed by atoms with Crippen LogP contribution in [0.15, 0.2) is 23.3 Å². The van der Waals surface area contributed by atoms with Crippen molar-refractivity contribution in [1.29, 1.82) is 0 Å².